The van der Waals surface area contributed by atoms with Crippen molar-refractivity contribution in [1.82, 2.24) is 9.03 Å². The number of carbonyl (C=O) groups is 1. The summed E-state index contributed by atoms with van der Waals surface area (Å²) in [6.45, 7) is 4.30. The van der Waals surface area contributed by atoms with E-state index < -0.39 is 22.1 Å². The van der Waals surface area contributed by atoms with Gasteiger partial charge in [-0.1, -0.05) is 6.92 Å². The van der Waals surface area contributed by atoms with Gasteiger partial charge in [-0.3, -0.25) is 4.79 Å². The number of carboxylic acids is 1. The minimum Gasteiger partial charge on any atom is -0.481 e. The second-order valence-corrected chi connectivity index (χ2v) is 7.74. The van der Waals surface area contributed by atoms with Gasteiger partial charge in [-0.2, -0.15) is 29.2 Å². The minimum absolute atomic E-state index is 0.0678. The molecule has 0 bridgehead atoms. The van der Waals surface area contributed by atoms with Gasteiger partial charge in [-0.15, -0.1) is 0 Å². The van der Waals surface area contributed by atoms with Crippen LogP contribution >= 0.6 is 11.8 Å². The third-order valence-electron chi connectivity index (χ3n) is 3.00. The number of thioether (sulfide) groups is 1. The van der Waals surface area contributed by atoms with Crippen LogP contribution in [-0.4, -0.2) is 54.4 Å². The normalized spacial score (nSPS) is 23.2. The molecule has 1 aliphatic heterocycles. The average Bonchev–Trinajstić information content (AvgIpc) is 2.36. The van der Waals surface area contributed by atoms with E-state index in [4.69, 9.17) is 5.11 Å². The van der Waals surface area contributed by atoms with Gasteiger partial charge in [-0.05, 0) is 25.5 Å². The van der Waals surface area contributed by atoms with E-state index in [-0.39, 0.29) is 12.6 Å². The third-order valence-corrected chi connectivity index (χ3v) is 5.85. The molecule has 112 valence electrons. The lowest BCUT2D eigenvalue weighted by Crippen LogP contribution is -2.50. The van der Waals surface area contributed by atoms with E-state index >= 15 is 0 Å². The van der Waals surface area contributed by atoms with E-state index in [1.54, 1.807) is 11.8 Å². The van der Waals surface area contributed by atoms with Crippen LogP contribution in [0.3, 0.4) is 0 Å². The summed E-state index contributed by atoms with van der Waals surface area (Å²) in [4.78, 5) is 10.9. The Morgan fingerprint density at radius 1 is 1.58 bits per heavy atom. The molecule has 1 saturated heterocycles. The van der Waals surface area contributed by atoms with Crippen LogP contribution in [0, 0.1) is 5.92 Å². The number of nitrogens with one attached hydrogen (secondary N) is 1. The van der Waals surface area contributed by atoms with Gasteiger partial charge in [0.1, 0.15) is 0 Å². The van der Waals surface area contributed by atoms with E-state index in [9.17, 15) is 13.2 Å². The highest BCUT2D eigenvalue weighted by Crippen LogP contribution is 2.19. The smallest absolute Gasteiger partial charge is 0.307 e. The lowest BCUT2D eigenvalue weighted by atomic mass is 10.0. The van der Waals surface area contributed by atoms with Gasteiger partial charge in [0.25, 0.3) is 10.2 Å². The molecule has 2 atom stereocenters. The van der Waals surface area contributed by atoms with Crippen LogP contribution in [0.4, 0.5) is 0 Å². The van der Waals surface area contributed by atoms with Crippen molar-refractivity contribution in [1.29, 1.82) is 0 Å². The lowest BCUT2D eigenvalue weighted by molar-refractivity contribution is -0.142. The van der Waals surface area contributed by atoms with Crippen molar-refractivity contribution in [2.45, 2.75) is 32.7 Å². The Labute approximate surface area is 119 Å². The summed E-state index contributed by atoms with van der Waals surface area (Å²) in [5.41, 5.74) is 0. The van der Waals surface area contributed by atoms with E-state index in [0.717, 1.165) is 5.75 Å². The van der Waals surface area contributed by atoms with Crippen molar-refractivity contribution in [3.8, 4) is 0 Å². The van der Waals surface area contributed by atoms with Gasteiger partial charge < -0.3 is 5.11 Å². The Bertz CT molecular complexity index is 399. The zero-order chi connectivity index (χ0) is 14.5. The van der Waals surface area contributed by atoms with Crippen molar-refractivity contribution < 1.29 is 18.3 Å². The zero-order valence-electron chi connectivity index (χ0n) is 11.3. The first kappa shape index (κ1) is 16.7. The van der Waals surface area contributed by atoms with Crippen molar-refractivity contribution in [2.75, 3.05) is 24.6 Å². The number of nitrogens with zero attached hydrogens (tertiary/aromatic N) is 1. The van der Waals surface area contributed by atoms with Crippen molar-refractivity contribution in [3.05, 3.63) is 0 Å². The Morgan fingerprint density at radius 2 is 2.26 bits per heavy atom. The number of carboxylic acid groups (broad SMARTS) is 1. The van der Waals surface area contributed by atoms with Crippen molar-refractivity contribution in [2.24, 2.45) is 5.92 Å². The van der Waals surface area contributed by atoms with Crippen LogP contribution in [0.25, 0.3) is 0 Å². The molecule has 1 rings (SSSR count). The number of aliphatic carboxylic acids is 1. The number of piperidine rings is 1. The molecule has 6 nitrogen and oxygen atoms in total. The average molecular weight is 310 g/mol. The molecular formula is C11H22N2O4S2. The van der Waals surface area contributed by atoms with Crippen LogP contribution < -0.4 is 4.72 Å². The molecule has 19 heavy (non-hydrogen) atoms. The summed E-state index contributed by atoms with van der Waals surface area (Å²) in [7, 11) is -3.57. The lowest BCUT2D eigenvalue weighted by Gasteiger charge is -2.30. The van der Waals surface area contributed by atoms with Gasteiger partial charge in [0.2, 0.25) is 0 Å². The maximum absolute atomic E-state index is 12.1. The topological polar surface area (TPSA) is 86.7 Å². The molecule has 0 aliphatic carbocycles. The maximum Gasteiger partial charge on any atom is 0.307 e. The summed E-state index contributed by atoms with van der Waals surface area (Å²) >= 11 is 1.67. The predicted octanol–water partition coefficient (Wildman–Crippen LogP) is 0.759. The fraction of sp³-hybridized carbons (Fsp3) is 0.909. The van der Waals surface area contributed by atoms with Gasteiger partial charge in [0.15, 0.2) is 0 Å². The van der Waals surface area contributed by atoms with E-state index in [1.807, 2.05) is 13.8 Å². The Morgan fingerprint density at radius 3 is 2.84 bits per heavy atom. The van der Waals surface area contributed by atoms with E-state index in [1.165, 1.54) is 4.31 Å². The molecular weight excluding hydrogens is 288 g/mol. The van der Waals surface area contributed by atoms with Crippen molar-refractivity contribution in [3.63, 3.8) is 0 Å². The Hall–Kier alpha value is -0.310. The molecule has 0 amide bonds. The molecule has 1 aliphatic rings. The monoisotopic (exact) mass is 310 g/mol. The largest absolute Gasteiger partial charge is 0.481 e. The SMILES string of the molecule is CCSCC(C)NS(=O)(=O)N1CCCC(C(=O)O)C1. The first-order valence-corrected chi connectivity index (χ1v) is 9.04. The summed E-state index contributed by atoms with van der Waals surface area (Å²) in [6.07, 6.45) is 1.14. The molecule has 1 heterocycles. The molecule has 1 fully saturated rings. The second kappa shape index (κ2) is 7.47. The van der Waals surface area contributed by atoms with Crippen LogP contribution in [0.2, 0.25) is 0 Å². The van der Waals surface area contributed by atoms with E-state index in [0.29, 0.717) is 25.1 Å². The number of hydrogen-bond acceptors (Lipinski definition) is 4. The summed E-state index contributed by atoms with van der Waals surface area (Å²) < 4.78 is 28.1. The third kappa shape index (κ3) is 5.29. The molecule has 0 saturated carbocycles. The van der Waals surface area contributed by atoms with Crippen LogP contribution in [-0.2, 0) is 15.0 Å². The first-order chi connectivity index (χ1) is 8.86. The Balaban J connectivity index is 2.58. The van der Waals surface area contributed by atoms with E-state index in [2.05, 4.69) is 4.72 Å². The summed E-state index contributed by atoms with van der Waals surface area (Å²) in [6, 6.07) is -0.153. The molecule has 2 N–H and O–H groups in total. The highest BCUT2D eigenvalue weighted by molar-refractivity contribution is 7.99. The van der Waals surface area contributed by atoms with Crippen LogP contribution in [0.5, 0.6) is 0 Å². The fourth-order valence-electron chi connectivity index (χ4n) is 2.02. The molecule has 0 spiro atoms. The van der Waals surface area contributed by atoms with Gasteiger partial charge in [0.05, 0.1) is 5.92 Å². The standard InChI is InChI=1S/C11H22N2O4S2/c1-3-18-8-9(2)12-19(16,17)13-6-4-5-10(7-13)11(14)15/h9-10,12H,3-8H2,1-2H3,(H,14,15). The zero-order valence-corrected chi connectivity index (χ0v) is 13.0. The molecule has 2 unspecified atom stereocenters. The number of rotatable bonds is 7. The highest BCUT2D eigenvalue weighted by Gasteiger charge is 2.32. The van der Waals surface area contributed by atoms with Crippen LogP contribution in [0.1, 0.15) is 26.7 Å². The summed E-state index contributed by atoms with van der Waals surface area (Å²) in [5.74, 6) is 0.142. The molecule has 0 aromatic heterocycles. The second-order valence-electron chi connectivity index (χ2n) is 4.72. The quantitative estimate of drug-likeness (QED) is 0.725. The molecule has 0 aromatic rings. The molecule has 0 radical (unpaired) electrons. The molecule has 0 aromatic carbocycles. The predicted molar refractivity (Wildman–Crippen MR) is 76.4 cm³/mol. The molecule has 8 heteroatoms. The van der Waals surface area contributed by atoms with Crippen LogP contribution in [0.15, 0.2) is 0 Å². The van der Waals surface area contributed by atoms with Gasteiger partial charge in [0, 0.05) is 24.9 Å². The Kier molecular flexibility index (Phi) is 6.58. The van der Waals surface area contributed by atoms with Gasteiger partial charge in [-0.25, -0.2) is 0 Å². The minimum atomic E-state index is -3.57. The fourth-order valence-corrected chi connectivity index (χ4v) is 4.28. The first-order valence-electron chi connectivity index (χ1n) is 6.44. The maximum atomic E-state index is 12.1. The van der Waals surface area contributed by atoms with Crippen molar-refractivity contribution >= 4 is 27.9 Å². The van der Waals surface area contributed by atoms with Gasteiger partial charge >= 0.3 is 5.97 Å². The summed E-state index contributed by atoms with van der Waals surface area (Å²) in [5, 5.41) is 8.97. The number of hydrogen-bond donors (Lipinski definition) is 2. The highest BCUT2D eigenvalue weighted by atomic mass is 32.2.